The summed E-state index contributed by atoms with van der Waals surface area (Å²) in [6.45, 7) is 2.16. The van der Waals surface area contributed by atoms with E-state index in [1.165, 1.54) is 6.07 Å². The summed E-state index contributed by atoms with van der Waals surface area (Å²) < 4.78 is 27.4. The molecule has 1 aliphatic heterocycles. The topological polar surface area (TPSA) is 53.4 Å². The summed E-state index contributed by atoms with van der Waals surface area (Å²) in [4.78, 5) is 12.9. The van der Waals surface area contributed by atoms with Crippen molar-refractivity contribution in [1.29, 1.82) is 0 Å². The molecular weight excluding hydrogens is 443 g/mol. The Kier molecular flexibility index (Phi) is 5.44. The van der Waals surface area contributed by atoms with Crippen LogP contribution in [0.5, 0.6) is 11.5 Å². The fourth-order valence-electron chi connectivity index (χ4n) is 3.65. The molecule has 0 radical (unpaired) electrons. The maximum absolute atomic E-state index is 14.6. The number of carbonyl (C=O) groups is 1. The van der Waals surface area contributed by atoms with Gasteiger partial charge in [-0.15, -0.1) is 0 Å². The number of hydrogen-bond acceptors (Lipinski definition) is 4. The summed E-state index contributed by atoms with van der Waals surface area (Å²) in [7, 11) is 0. The van der Waals surface area contributed by atoms with Crippen LogP contribution in [-0.4, -0.2) is 22.2 Å². The van der Waals surface area contributed by atoms with Gasteiger partial charge in [-0.1, -0.05) is 29.8 Å². The Morgan fingerprint density at radius 3 is 2.70 bits per heavy atom. The van der Waals surface area contributed by atoms with Crippen LogP contribution in [0.3, 0.4) is 0 Å². The Hall–Kier alpha value is -3.90. The number of rotatable bonds is 5. The van der Waals surface area contributed by atoms with Gasteiger partial charge in [0.2, 0.25) is 5.78 Å². The molecule has 4 aromatic rings. The summed E-state index contributed by atoms with van der Waals surface area (Å²) in [5.41, 5.74) is 2.87. The van der Waals surface area contributed by atoms with Crippen LogP contribution >= 0.6 is 11.6 Å². The predicted octanol–water partition coefficient (Wildman–Crippen LogP) is 6.35. The fourth-order valence-corrected chi connectivity index (χ4v) is 3.83. The minimum atomic E-state index is -0.488. The molecule has 1 aliphatic rings. The molecule has 0 saturated heterocycles. The van der Waals surface area contributed by atoms with Crippen molar-refractivity contribution in [1.82, 2.24) is 9.78 Å². The number of fused-ring (bicyclic) bond motifs is 1. The smallest absolute Gasteiger partial charge is 0.232 e. The zero-order chi connectivity index (χ0) is 22.9. The summed E-state index contributed by atoms with van der Waals surface area (Å²) in [5.74, 6) is -0.00109. The molecule has 7 heteroatoms. The lowest BCUT2D eigenvalue weighted by Gasteiger charge is -2.06. The van der Waals surface area contributed by atoms with E-state index in [2.05, 4.69) is 5.10 Å². The molecule has 3 aromatic carbocycles. The molecule has 164 valence electrons. The van der Waals surface area contributed by atoms with Crippen LogP contribution in [0.15, 0.2) is 78.7 Å². The fraction of sp³-hybridized carbons (Fsp3) is 0.0769. The Labute approximate surface area is 194 Å². The number of allylic oxidation sites excluding steroid dienone is 1. The van der Waals surface area contributed by atoms with Gasteiger partial charge in [0.25, 0.3) is 0 Å². The van der Waals surface area contributed by atoms with Crippen molar-refractivity contribution in [3.63, 3.8) is 0 Å². The molecule has 33 heavy (non-hydrogen) atoms. The summed E-state index contributed by atoms with van der Waals surface area (Å²) in [5, 5.41) is 5.13. The van der Waals surface area contributed by atoms with E-state index in [1.54, 1.807) is 54.2 Å². The van der Waals surface area contributed by atoms with Gasteiger partial charge in [0.15, 0.2) is 17.3 Å². The lowest BCUT2D eigenvalue weighted by molar-refractivity contribution is 0.101. The standard InChI is InChI=1S/C26H18ClFN2O3/c1-2-32-23-10-8-16(12-21(23)28)25-17(15-30(29-25)19-6-4-3-5-7-19)13-24-26(31)20-14-18(27)9-11-22(20)33-24/h3-15H,2H2,1H3/b24-13-. The quantitative estimate of drug-likeness (QED) is 0.326. The van der Waals surface area contributed by atoms with E-state index in [0.717, 1.165) is 5.69 Å². The highest BCUT2D eigenvalue weighted by molar-refractivity contribution is 6.31. The van der Waals surface area contributed by atoms with E-state index >= 15 is 0 Å². The largest absolute Gasteiger partial charge is 0.491 e. The highest BCUT2D eigenvalue weighted by Gasteiger charge is 2.28. The third-order valence-electron chi connectivity index (χ3n) is 5.18. The van der Waals surface area contributed by atoms with Crippen LogP contribution in [0.4, 0.5) is 4.39 Å². The molecule has 0 bridgehead atoms. The van der Waals surface area contributed by atoms with Gasteiger partial charge in [-0.25, -0.2) is 9.07 Å². The zero-order valence-electron chi connectivity index (χ0n) is 17.6. The normalized spacial score (nSPS) is 13.8. The van der Waals surface area contributed by atoms with E-state index in [-0.39, 0.29) is 17.3 Å². The summed E-state index contributed by atoms with van der Waals surface area (Å²) in [6, 6.07) is 19.1. The third kappa shape index (κ3) is 4.01. The lowest BCUT2D eigenvalue weighted by atomic mass is 10.1. The predicted molar refractivity (Wildman–Crippen MR) is 125 cm³/mol. The van der Waals surface area contributed by atoms with Gasteiger partial charge < -0.3 is 9.47 Å². The number of para-hydroxylation sites is 1. The van der Waals surface area contributed by atoms with Crippen LogP contribution in [0, 0.1) is 5.82 Å². The molecule has 0 amide bonds. The van der Waals surface area contributed by atoms with Gasteiger partial charge in [-0.3, -0.25) is 4.79 Å². The monoisotopic (exact) mass is 460 g/mol. The van der Waals surface area contributed by atoms with E-state index in [9.17, 15) is 9.18 Å². The molecule has 0 aliphatic carbocycles. The van der Waals surface area contributed by atoms with Crippen molar-refractivity contribution in [2.75, 3.05) is 6.61 Å². The number of ketones is 1. The zero-order valence-corrected chi connectivity index (χ0v) is 18.3. The van der Waals surface area contributed by atoms with Crippen LogP contribution < -0.4 is 9.47 Å². The minimum Gasteiger partial charge on any atom is -0.491 e. The number of carbonyl (C=O) groups excluding carboxylic acids is 1. The summed E-state index contributed by atoms with van der Waals surface area (Å²) >= 11 is 6.04. The van der Waals surface area contributed by atoms with Crippen molar-refractivity contribution in [3.8, 4) is 28.4 Å². The number of halogens is 2. The number of benzene rings is 3. The molecule has 0 unspecified atom stereocenters. The average molecular weight is 461 g/mol. The van der Waals surface area contributed by atoms with Crippen LogP contribution in [0.1, 0.15) is 22.8 Å². The van der Waals surface area contributed by atoms with Gasteiger partial charge in [-0.2, -0.15) is 5.10 Å². The van der Waals surface area contributed by atoms with Crippen LogP contribution in [-0.2, 0) is 0 Å². The molecule has 0 saturated carbocycles. The first-order valence-corrected chi connectivity index (χ1v) is 10.7. The van der Waals surface area contributed by atoms with Crippen molar-refractivity contribution in [2.45, 2.75) is 6.92 Å². The molecule has 5 rings (SSSR count). The van der Waals surface area contributed by atoms with Gasteiger partial charge >= 0.3 is 0 Å². The molecular formula is C26H18ClFN2O3. The summed E-state index contributed by atoms with van der Waals surface area (Å²) in [6.07, 6.45) is 3.39. The Morgan fingerprint density at radius 1 is 1.12 bits per heavy atom. The highest BCUT2D eigenvalue weighted by Crippen LogP contribution is 2.35. The van der Waals surface area contributed by atoms with Gasteiger partial charge in [0, 0.05) is 22.3 Å². The first-order chi connectivity index (χ1) is 16.0. The number of ether oxygens (including phenoxy) is 2. The number of Topliss-reactive ketones (excluding diaryl/α,β-unsaturated/α-hetero) is 1. The van der Waals surface area contributed by atoms with Gasteiger partial charge in [-0.05, 0) is 61.5 Å². The highest BCUT2D eigenvalue weighted by atomic mass is 35.5. The molecule has 2 heterocycles. The van der Waals surface area contributed by atoms with E-state index < -0.39 is 5.82 Å². The second-order valence-corrected chi connectivity index (χ2v) is 7.81. The number of aromatic nitrogens is 2. The molecule has 0 N–H and O–H groups in total. The SMILES string of the molecule is CCOc1ccc(-c2nn(-c3ccccc3)cc2/C=C2\Oc3ccc(Cl)cc3C2=O)cc1F. The first kappa shape index (κ1) is 21.0. The molecule has 5 nitrogen and oxygen atoms in total. The maximum atomic E-state index is 14.6. The second-order valence-electron chi connectivity index (χ2n) is 7.37. The van der Waals surface area contributed by atoms with E-state index in [1.807, 2.05) is 30.3 Å². The average Bonchev–Trinajstić information content (AvgIpc) is 3.38. The number of hydrogen-bond donors (Lipinski definition) is 0. The Morgan fingerprint density at radius 2 is 1.94 bits per heavy atom. The minimum absolute atomic E-state index is 0.146. The van der Waals surface area contributed by atoms with Gasteiger partial charge in [0.05, 0.1) is 17.9 Å². The molecule has 0 atom stereocenters. The first-order valence-electron chi connectivity index (χ1n) is 10.3. The Bertz CT molecular complexity index is 1400. The second kappa shape index (κ2) is 8.56. The van der Waals surface area contributed by atoms with Crippen molar-refractivity contribution in [2.24, 2.45) is 0 Å². The molecule has 0 spiro atoms. The van der Waals surface area contributed by atoms with Gasteiger partial charge in [0.1, 0.15) is 11.4 Å². The van der Waals surface area contributed by atoms with Crippen molar-refractivity contribution < 1.29 is 18.7 Å². The van der Waals surface area contributed by atoms with E-state index in [4.69, 9.17) is 21.1 Å². The third-order valence-corrected chi connectivity index (χ3v) is 5.42. The molecule has 1 aromatic heterocycles. The lowest BCUT2D eigenvalue weighted by Crippen LogP contribution is -1.98. The van der Waals surface area contributed by atoms with E-state index in [0.29, 0.717) is 39.8 Å². The maximum Gasteiger partial charge on any atom is 0.232 e. The van der Waals surface area contributed by atoms with Crippen molar-refractivity contribution >= 4 is 23.5 Å². The van der Waals surface area contributed by atoms with Crippen molar-refractivity contribution in [3.05, 3.63) is 101 Å². The molecule has 0 fully saturated rings. The van der Waals surface area contributed by atoms with Crippen LogP contribution in [0.2, 0.25) is 5.02 Å². The van der Waals surface area contributed by atoms with Crippen LogP contribution in [0.25, 0.3) is 23.0 Å². The number of nitrogens with zero attached hydrogens (tertiary/aromatic N) is 2. The Balaban J connectivity index is 1.61.